The lowest BCUT2D eigenvalue weighted by molar-refractivity contribution is -0.120. The van der Waals surface area contributed by atoms with E-state index in [2.05, 4.69) is 5.32 Å². The number of benzene rings is 1. The molecule has 1 aromatic carbocycles. The van der Waals surface area contributed by atoms with Crippen molar-refractivity contribution >= 4 is 21.6 Å². The van der Waals surface area contributed by atoms with E-state index >= 15 is 0 Å². The number of amides is 1. The van der Waals surface area contributed by atoms with Gasteiger partial charge in [0.05, 0.1) is 6.61 Å². The van der Waals surface area contributed by atoms with E-state index in [4.69, 9.17) is 4.74 Å². The molecular formula is C18H28N2O4S. The first-order valence-corrected chi connectivity index (χ1v) is 10.5. The summed E-state index contributed by atoms with van der Waals surface area (Å²) in [5, 5.41) is 2.84. The van der Waals surface area contributed by atoms with E-state index in [0.717, 1.165) is 25.7 Å². The summed E-state index contributed by atoms with van der Waals surface area (Å²) in [6, 6.07) is 4.82. The van der Waals surface area contributed by atoms with Gasteiger partial charge in [-0.25, -0.2) is 8.42 Å². The van der Waals surface area contributed by atoms with Crippen molar-refractivity contribution in [1.29, 1.82) is 0 Å². The van der Waals surface area contributed by atoms with Crippen molar-refractivity contribution in [2.45, 2.75) is 51.3 Å². The van der Waals surface area contributed by atoms with E-state index in [1.165, 1.54) is 10.4 Å². The summed E-state index contributed by atoms with van der Waals surface area (Å²) in [6.45, 7) is 7.18. The topological polar surface area (TPSA) is 75.7 Å². The Hall–Kier alpha value is -1.60. The van der Waals surface area contributed by atoms with Crippen LogP contribution >= 0.6 is 0 Å². The second-order valence-corrected chi connectivity index (χ2v) is 8.11. The molecule has 0 spiro atoms. The van der Waals surface area contributed by atoms with Crippen LogP contribution in [0, 0.1) is 5.92 Å². The predicted octanol–water partition coefficient (Wildman–Crippen LogP) is 3.24. The van der Waals surface area contributed by atoms with Gasteiger partial charge in [0.2, 0.25) is 15.9 Å². The van der Waals surface area contributed by atoms with E-state index in [0.29, 0.717) is 31.1 Å². The molecule has 1 N–H and O–H groups in total. The van der Waals surface area contributed by atoms with Gasteiger partial charge in [-0.05, 0) is 50.8 Å². The monoisotopic (exact) mass is 368 g/mol. The van der Waals surface area contributed by atoms with Gasteiger partial charge in [0.1, 0.15) is 10.6 Å². The summed E-state index contributed by atoms with van der Waals surface area (Å²) in [5.74, 6) is 0.166. The van der Waals surface area contributed by atoms with Gasteiger partial charge in [-0.15, -0.1) is 0 Å². The zero-order chi connectivity index (χ0) is 18.4. The lowest BCUT2D eigenvalue weighted by atomic mass is 10.0. The highest BCUT2D eigenvalue weighted by Gasteiger charge is 2.30. The number of hydrogen-bond acceptors (Lipinski definition) is 4. The second kappa shape index (κ2) is 8.67. The standard InChI is InChI=1S/C18H28N2O4S/c1-4-14(5-2)18(21)19-15-9-10-16(24-6-3)17(13-15)25(22,23)20-11-7-8-12-20/h9-10,13-14H,4-8,11-12H2,1-3H3,(H,19,21). The molecule has 0 atom stereocenters. The predicted molar refractivity (Wildman–Crippen MR) is 98.3 cm³/mol. The first-order valence-electron chi connectivity index (χ1n) is 9.01. The normalized spacial score (nSPS) is 15.5. The molecule has 2 rings (SSSR count). The van der Waals surface area contributed by atoms with Crippen molar-refractivity contribution in [3.63, 3.8) is 0 Å². The number of anilines is 1. The van der Waals surface area contributed by atoms with E-state index in [1.807, 2.05) is 20.8 Å². The van der Waals surface area contributed by atoms with E-state index in [9.17, 15) is 13.2 Å². The summed E-state index contributed by atoms with van der Waals surface area (Å²) in [7, 11) is -3.62. The fraction of sp³-hybridized carbons (Fsp3) is 0.611. The lowest BCUT2D eigenvalue weighted by Crippen LogP contribution is -2.28. The van der Waals surface area contributed by atoms with Crippen LogP contribution in [0.2, 0.25) is 0 Å². The smallest absolute Gasteiger partial charge is 0.246 e. The third-order valence-corrected chi connectivity index (χ3v) is 6.47. The molecular weight excluding hydrogens is 340 g/mol. The highest BCUT2D eigenvalue weighted by Crippen LogP contribution is 2.32. The zero-order valence-corrected chi connectivity index (χ0v) is 16.1. The van der Waals surface area contributed by atoms with Crippen LogP contribution in [0.25, 0.3) is 0 Å². The van der Waals surface area contributed by atoms with Gasteiger partial charge in [0, 0.05) is 24.7 Å². The van der Waals surface area contributed by atoms with Gasteiger partial charge < -0.3 is 10.1 Å². The first kappa shape index (κ1) is 19.7. The number of sulfonamides is 1. The number of hydrogen-bond donors (Lipinski definition) is 1. The summed E-state index contributed by atoms with van der Waals surface area (Å²) in [5.41, 5.74) is 0.484. The fourth-order valence-corrected chi connectivity index (χ4v) is 4.71. The minimum absolute atomic E-state index is 0.0785. The van der Waals surface area contributed by atoms with Gasteiger partial charge in [-0.3, -0.25) is 4.79 Å². The molecule has 0 saturated carbocycles. The summed E-state index contributed by atoms with van der Waals surface area (Å²) in [4.78, 5) is 12.4. The van der Waals surface area contributed by atoms with Gasteiger partial charge in [0.15, 0.2) is 0 Å². The van der Waals surface area contributed by atoms with Gasteiger partial charge in [0.25, 0.3) is 0 Å². The van der Waals surface area contributed by atoms with Gasteiger partial charge >= 0.3 is 0 Å². The van der Waals surface area contributed by atoms with Crippen LogP contribution in [0.5, 0.6) is 5.75 Å². The SMILES string of the molecule is CCOc1ccc(NC(=O)C(CC)CC)cc1S(=O)(=O)N1CCCC1. The van der Waals surface area contributed by atoms with Crippen molar-refractivity contribution in [2.24, 2.45) is 5.92 Å². The molecule has 1 amide bonds. The molecule has 1 aliphatic rings. The van der Waals surface area contributed by atoms with Crippen LogP contribution in [0.1, 0.15) is 46.5 Å². The average molecular weight is 368 g/mol. The van der Waals surface area contributed by atoms with Crippen molar-refractivity contribution in [1.82, 2.24) is 4.31 Å². The van der Waals surface area contributed by atoms with Crippen molar-refractivity contribution in [2.75, 3.05) is 25.0 Å². The van der Waals surface area contributed by atoms with Crippen LogP contribution < -0.4 is 10.1 Å². The van der Waals surface area contributed by atoms with Crippen LogP contribution in [-0.2, 0) is 14.8 Å². The van der Waals surface area contributed by atoms with E-state index < -0.39 is 10.0 Å². The molecule has 0 bridgehead atoms. The molecule has 1 heterocycles. The third kappa shape index (κ3) is 4.52. The van der Waals surface area contributed by atoms with Crippen LogP contribution in [0.15, 0.2) is 23.1 Å². The summed E-state index contributed by atoms with van der Waals surface area (Å²) in [6.07, 6.45) is 3.24. The number of nitrogens with one attached hydrogen (secondary N) is 1. The van der Waals surface area contributed by atoms with E-state index in [1.54, 1.807) is 12.1 Å². The molecule has 140 valence electrons. The number of rotatable bonds is 8. The second-order valence-electron chi connectivity index (χ2n) is 6.21. The molecule has 6 nitrogen and oxygen atoms in total. The van der Waals surface area contributed by atoms with E-state index in [-0.39, 0.29) is 16.7 Å². The van der Waals surface area contributed by atoms with Gasteiger partial charge in [-0.1, -0.05) is 13.8 Å². The Labute approximate surface area is 150 Å². The molecule has 1 saturated heterocycles. The molecule has 0 aromatic heterocycles. The maximum Gasteiger partial charge on any atom is 0.246 e. The maximum absolute atomic E-state index is 12.9. The lowest BCUT2D eigenvalue weighted by Gasteiger charge is -2.19. The highest BCUT2D eigenvalue weighted by molar-refractivity contribution is 7.89. The number of ether oxygens (including phenoxy) is 1. The molecule has 1 aromatic rings. The minimum atomic E-state index is -3.62. The molecule has 1 fully saturated rings. The van der Waals surface area contributed by atoms with Crippen molar-refractivity contribution < 1.29 is 17.9 Å². The van der Waals surface area contributed by atoms with Crippen LogP contribution in [0.4, 0.5) is 5.69 Å². The molecule has 0 unspecified atom stereocenters. The number of carbonyl (C=O) groups excluding carboxylic acids is 1. The Morgan fingerprint density at radius 1 is 1.20 bits per heavy atom. The molecule has 25 heavy (non-hydrogen) atoms. The number of nitrogens with zero attached hydrogens (tertiary/aromatic N) is 1. The minimum Gasteiger partial charge on any atom is -0.492 e. The number of carbonyl (C=O) groups is 1. The molecule has 7 heteroatoms. The highest BCUT2D eigenvalue weighted by atomic mass is 32.2. The maximum atomic E-state index is 12.9. The zero-order valence-electron chi connectivity index (χ0n) is 15.2. The van der Waals surface area contributed by atoms with Crippen molar-refractivity contribution in [3.8, 4) is 5.75 Å². The Morgan fingerprint density at radius 2 is 1.84 bits per heavy atom. The summed E-state index contributed by atoms with van der Waals surface area (Å²) < 4.78 is 32.9. The quantitative estimate of drug-likeness (QED) is 0.764. The first-order chi connectivity index (χ1) is 11.9. The van der Waals surface area contributed by atoms with Crippen LogP contribution in [-0.4, -0.2) is 38.3 Å². The van der Waals surface area contributed by atoms with Crippen molar-refractivity contribution in [3.05, 3.63) is 18.2 Å². The van der Waals surface area contributed by atoms with Gasteiger partial charge in [-0.2, -0.15) is 4.31 Å². The average Bonchev–Trinajstić information content (AvgIpc) is 3.13. The Balaban J connectivity index is 2.34. The Morgan fingerprint density at radius 3 is 2.40 bits per heavy atom. The fourth-order valence-electron chi connectivity index (χ4n) is 3.03. The Kier molecular flexibility index (Phi) is 6.84. The molecule has 0 aliphatic carbocycles. The Bertz CT molecular complexity index is 693. The summed E-state index contributed by atoms with van der Waals surface area (Å²) >= 11 is 0. The van der Waals surface area contributed by atoms with Crippen LogP contribution in [0.3, 0.4) is 0 Å². The third-order valence-electron chi connectivity index (χ3n) is 4.55. The molecule has 1 aliphatic heterocycles. The largest absolute Gasteiger partial charge is 0.492 e. The molecule has 0 radical (unpaired) electrons.